The van der Waals surface area contributed by atoms with Gasteiger partial charge >= 0.3 is 0 Å². The third-order valence-corrected chi connectivity index (χ3v) is 6.01. The van der Waals surface area contributed by atoms with E-state index in [1.807, 2.05) is 57.1 Å². The van der Waals surface area contributed by atoms with Gasteiger partial charge in [-0.1, -0.05) is 24.3 Å². The largest absolute Gasteiger partial charge is 0.507 e. The Morgan fingerprint density at radius 2 is 1.53 bits per heavy atom. The van der Waals surface area contributed by atoms with Crippen LogP contribution in [0.15, 0.2) is 78.4 Å². The number of aliphatic hydroxyl groups excluding tert-OH is 1. The molecule has 3 aromatic carbocycles. The summed E-state index contributed by atoms with van der Waals surface area (Å²) < 4.78 is 11.1. The molecule has 0 aromatic heterocycles. The minimum absolute atomic E-state index is 0.0279. The van der Waals surface area contributed by atoms with Gasteiger partial charge in [0, 0.05) is 31.0 Å². The molecular formula is C29H30N2O5. The van der Waals surface area contributed by atoms with Crippen molar-refractivity contribution in [2.75, 3.05) is 37.1 Å². The van der Waals surface area contributed by atoms with Crippen molar-refractivity contribution < 1.29 is 24.2 Å². The van der Waals surface area contributed by atoms with E-state index in [1.165, 1.54) is 4.90 Å². The van der Waals surface area contributed by atoms with Gasteiger partial charge in [-0.15, -0.1) is 0 Å². The molecule has 3 aromatic rings. The molecule has 7 nitrogen and oxygen atoms in total. The average molecular weight is 487 g/mol. The number of Topliss-reactive ketones (excluding diaryl/α,β-unsaturated/α-hetero) is 1. The quantitative estimate of drug-likeness (QED) is 0.269. The first kappa shape index (κ1) is 24.9. The lowest BCUT2D eigenvalue weighted by Gasteiger charge is -2.26. The molecule has 0 bridgehead atoms. The second-order valence-electron chi connectivity index (χ2n) is 8.54. The van der Waals surface area contributed by atoms with Gasteiger partial charge in [0.15, 0.2) is 0 Å². The minimum atomic E-state index is -0.810. The van der Waals surface area contributed by atoms with Crippen LogP contribution < -0.4 is 19.3 Å². The third-order valence-electron chi connectivity index (χ3n) is 6.01. The number of nitrogens with zero attached hydrogens (tertiary/aromatic N) is 2. The van der Waals surface area contributed by atoms with E-state index < -0.39 is 17.7 Å². The molecule has 1 saturated heterocycles. The minimum Gasteiger partial charge on any atom is -0.507 e. The van der Waals surface area contributed by atoms with Crippen molar-refractivity contribution in [3.05, 3.63) is 89.5 Å². The van der Waals surface area contributed by atoms with E-state index in [4.69, 9.17) is 9.47 Å². The molecule has 36 heavy (non-hydrogen) atoms. The summed E-state index contributed by atoms with van der Waals surface area (Å²) in [5.41, 5.74) is 2.64. The molecule has 1 aliphatic heterocycles. The maximum atomic E-state index is 13.4. The Kier molecular flexibility index (Phi) is 7.29. The van der Waals surface area contributed by atoms with Crippen LogP contribution in [0.5, 0.6) is 11.5 Å². The van der Waals surface area contributed by atoms with Gasteiger partial charge in [0.05, 0.1) is 24.8 Å². The summed E-state index contributed by atoms with van der Waals surface area (Å²) in [6.45, 7) is 4.74. The standard InChI is InChI=1S/C29H30N2O5/c1-5-35-23-16-14-22(15-17-23)31-26(19-10-12-21(13-11-19)30(3)4)25(28(33)29(31)34)27(32)20-8-7-9-24(18-20)36-6-2/h7-18,26,32H,5-6H2,1-4H3/b27-25-. The summed E-state index contributed by atoms with van der Waals surface area (Å²) >= 11 is 0. The van der Waals surface area contributed by atoms with Gasteiger partial charge in [-0.3, -0.25) is 14.5 Å². The van der Waals surface area contributed by atoms with Crippen molar-refractivity contribution in [2.45, 2.75) is 19.9 Å². The van der Waals surface area contributed by atoms with Crippen LogP contribution in [0.25, 0.3) is 5.76 Å². The van der Waals surface area contributed by atoms with Crippen LogP contribution in [-0.2, 0) is 9.59 Å². The van der Waals surface area contributed by atoms with Crippen LogP contribution in [0.2, 0.25) is 0 Å². The summed E-state index contributed by atoms with van der Waals surface area (Å²) in [6.07, 6.45) is 0. The first-order valence-electron chi connectivity index (χ1n) is 11.9. The number of ketones is 1. The van der Waals surface area contributed by atoms with E-state index in [1.54, 1.807) is 48.5 Å². The Labute approximate surface area is 211 Å². The normalized spacial score (nSPS) is 16.8. The number of benzene rings is 3. The molecule has 1 heterocycles. The molecule has 1 amide bonds. The van der Waals surface area contributed by atoms with Crippen LogP contribution in [0, 0.1) is 0 Å². The molecule has 0 spiro atoms. The molecule has 0 radical (unpaired) electrons. The van der Waals surface area contributed by atoms with E-state index in [0.29, 0.717) is 41.5 Å². The lowest BCUT2D eigenvalue weighted by Crippen LogP contribution is -2.29. The highest BCUT2D eigenvalue weighted by Crippen LogP contribution is 2.43. The molecule has 0 aliphatic carbocycles. The number of ether oxygens (including phenoxy) is 2. The van der Waals surface area contributed by atoms with Gasteiger partial charge < -0.3 is 19.5 Å². The molecule has 1 unspecified atom stereocenters. The van der Waals surface area contributed by atoms with Gasteiger partial charge in [-0.25, -0.2) is 0 Å². The number of carbonyl (C=O) groups is 2. The van der Waals surface area contributed by atoms with Crippen LogP contribution in [0.3, 0.4) is 0 Å². The van der Waals surface area contributed by atoms with Gasteiger partial charge in [-0.2, -0.15) is 0 Å². The number of hydrogen-bond donors (Lipinski definition) is 1. The van der Waals surface area contributed by atoms with Crippen molar-refractivity contribution in [2.24, 2.45) is 0 Å². The Morgan fingerprint density at radius 3 is 2.14 bits per heavy atom. The highest BCUT2D eigenvalue weighted by Gasteiger charge is 2.47. The first-order valence-corrected chi connectivity index (χ1v) is 11.9. The highest BCUT2D eigenvalue weighted by atomic mass is 16.5. The van der Waals surface area contributed by atoms with E-state index in [0.717, 1.165) is 5.69 Å². The second-order valence-corrected chi connectivity index (χ2v) is 8.54. The van der Waals surface area contributed by atoms with Gasteiger partial charge in [0.25, 0.3) is 11.7 Å². The molecule has 7 heteroatoms. The van der Waals surface area contributed by atoms with Crippen molar-refractivity contribution in [1.29, 1.82) is 0 Å². The fourth-order valence-electron chi connectivity index (χ4n) is 4.29. The Balaban J connectivity index is 1.87. The van der Waals surface area contributed by atoms with Gasteiger partial charge in [-0.05, 0) is 67.9 Å². The average Bonchev–Trinajstić information content (AvgIpc) is 3.15. The summed E-state index contributed by atoms with van der Waals surface area (Å²) in [5.74, 6) is -0.468. The molecule has 1 fully saturated rings. The monoisotopic (exact) mass is 486 g/mol. The van der Waals surface area contributed by atoms with Gasteiger partial charge in [0.2, 0.25) is 0 Å². The lowest BCUT2D eigenvalue weighted by molar-refractivity contribution is -0.132. The van der Waals surface area contributed by atoms with E-state index in [-0.39, 0.29) is 11.3 Å². The second kappa shape index (κ2) is 10.6. The maximum absolute atomic E-state index is 13.4. The molecular weight excluding hydrogens is 456 g/mol. The van der Waals surface area contributed by atoms with Crippen LogP contribution in [-0.4, -0.2) is 44.1 Å². The number of hydrogen-bond acceptors (Lipinski definition) is 6. The zero-order chi connectivity index (χ0) is 25.8. The van der Waals surface area contributed by atoms with Crippen molar-refractivity contribution in [3.8, 4) is 11.5 Å². The molecule has 0 saturated carbocycles. The Bertz CT molecular complexity index is 1280. The summed E-state index contributed by atoms with van der Waals surface area (Å²) in [7, 11) is 3.87. The van der Waals surface area contributed by atoms with Crippen LogP contribution in [0.4, 0.5) is 11.4 Å². The zero-order valence-corrected chi connectivity index (χ0v) is 20.9. The van der Waals surface area contributed by atoms with Crippen LogP contribution in [0.1, 0.15) is 31.0 Å². The Hall–Kier alpha value is -4.26. The van der Waals surface area contributed by atoms with E-state index in [9.17, 15) is 14.7 Å². The highest BCUT2D eigenvalue weighted by molar-refractivity contribution is 6.51. The zero-order valence-electron chi connectivity index (χ0n) is 20.9. The van der Waals surface area contributed by atoms with E-state index in [2.05, 4.69) is 0 Å². The molecule has 4 rings (SSSR count). The first-order chi connectivity index (χ1) is 17.3. The maximum Gasteiger partial charge on any atom is 0.300 e. The van der Waals surface area contributed by atoms with E-state index >= 15 is 0 Å². The Morgan fingerprint density at radius 1 is 0.889 bits per heavy atom. The lowest BCUT2D eigenvalue weighted by atomic mass is 9.95. The van der Waals surface area contributed by atoms with Crippen molar-refractivity contribution in [1.82, 2.24) is 0 Å². The number of aliphatic hydroxyl groups is 1. The van der Waals surface area contributed by atoms with Crippen LogP contribution >= 0.6 is 0 Å². The summed E-state index contributed by atoms with van der Waals surface area (Å²) in [5, 5.41) is 11.4. The SMILES string of the molecule is CCOc1ccc(N2C(=O)C(=O)/C(=C(\O)c3cccc(OCC)c3)C2c2ccc(N(C)C)cc2)cc1. The fraction of sp³-hybridized carbons (Fsp3) is 0.241. The molecule has 1 atom stereocenters. The topological polar surface area (TPSA) is 79.3 Å². The fourth-order valence-corrected chi connectivity index (χ4v) is 4.29. The van der Waals surface area contributed by atoms with Crippen molar-refractivity contribution in [3.63, 3.8) is 0 Å². The van der Waals surface area contributed by atoms with Gasteiger partial charge in [0.1, 0.15) is 17.3 Å². The predicted octanol–water partition coefficient (Wildman–Crippen LogP) is 5.18. The molecule has 1 aliphatic rings. The number of anilines is 2. The molecule has 186 valence electrons. The van der Waals surface area contributed by atoms with Crippen molar-refractivity contribution >= 4 is 28.8 Å². The molecule has 1 N–H and O–H groups in total. The smallest absolute Gasteiger partial charge is 0.300 e. The number of amides is 1. The third kappa shape index (κ3) is 4.77. The summed E-state index contributed by atoms with van der Waals surface area (Å²) in [6, 6.07) is 20.6. The predicted molar refractivity (Wildman–Crippen MR) is 141 cm³/mol. The number of rotatable bonds is 8. The number of carbonyl (C=O) groups excluding carboxylic acids is 2. The summed E-state index contributed by atoms with van der Waals surface area (Å²) in [4.78, 5) is 30.1.